The van der Waals surface area contributed by atoms with Gasteiger partial charge in [-0.05, 0) is 18.3 Å². The van der Waals surface area contributed by atoms with Crippen LogP contribution in [0.15, 0.2) is 6.20 Å². The van der Waals surface area contributed by atoms with Crippen LogP contribution in [-0.2, 0) is 12.5 Å². The van der Waals surface area contributed by atoms with Crippen molar-refractivity contribution < 1.29 is 0 Å². The number of anilines is 1. The molecule has 1 aromatic heterocycles. The van der Waals surface area contributed by atoms with Crippen LogP contribution >= 0.6 is 0 Å². The van der Waals surface area contributed by atoms with E-state index in [4.69, 9.17) is 5.73 Å². The molecule has 2 rings (SSSR count). The van der Waals surface area contributed by atoms with Gasteiger partial charge in [-0.2, -0.15) is 5.10 Å². The quantitative estimate of drug-likeness (QED) is 0.806. The third-order valence-corrected chi connectivity index (χ3v) is 3.47. The maximum atomic E-state index is 6.07. The van der Waals surface area contributed by atoms with E-state index < -0.39 is 0 Å². The molecule has 1 saturated heterocycles. The number of aryl methyl sites for hydroxylation is 1. The number of rotatable bonds is 1. The van der Waals surface area contributed by atoms with Gasteiger partial charge in [0.25, 0.3) is 0 Å². The van der Waals surface area contributed by atoms with Crippen molar-refractivity contribution in [3.63, 3.8) is 0 Å². The molecule has 2 heterocycles. The SMILES string of the molecule is Cn1ncc(C(C)(C)C)c1N1CCC[C@@H](N)C1. The summed E-state index contributed by atoms with van der Waals surface area (Å²) < 4.78 is 1.98. The first kappa shape index (κ1) is 12.4. The van der Waals surface area contributed by atoms with E-state index in [2.05, 4.69) is 30.8 Å². The van der Waals surface area contributed by atoms with Crippen LogP contribution in [0.4, 0.5) is 5.82 Å². The molecule has 1 atom stereocenters. The lowest BCUT2D eigenvalue weighted by molar-refractivity contribution is 0.491. The van der Waals surface area contributed by atoms with Gasteiger partial charge in [-0.25, -0.2) is 0 Å². The predicted octanol–water partition coefficient (Wildman–Crippen LogP) is 1.65. The van der Waals surface area contributed by atoms with Crippen LogP contribution in [0, 0.1) is 0 Å². The summed E-state index contributed by atoms with van der Waals surface area (Å²) >= 11 is 0. The van der Waals surface area contributed by atoms with Gasteiger partial charge in [0.15, 0.2) is 0 Å². The molecule has 1 fully saturated rings. The molecule has 1 aromatic rings. The minimum Gasteiger partial charge on any atom is -0.355 e. The van der Waals surface area contributed by atoms with Crippen molar-refractivity contribution in [2.24, 2.45) is 12.8 Å². The Bertz CT molecular complexity index is 389. The van der Waals surface area contributed by atoms with Crippen LogP contribution in [0.2, 0.25) is 0 Å². The fraction of sp³-hybridized carbons (Fsp3) is 0.769. The van der Waals surface area contributed by atoms with Crippen molar-refractivity contribution in [2.45, 2.75) is 45.1 Å². The molecule has 96 valence electrons. The fourth-order valence-electron chi connectivity index (χ4n) is 2.54. The fourth-order valence-corrected chi connectivity index (χ4v) is 2.54. The molecule has 2 N–H and O–H groups in total. The van der Waals surface area contributed by atoms with E-state index in [1.54, 1.807) is 0 Å². The van der Waals surface area contributed by atoms with Crippen LogP contribution in [0.5, 0.6) is 0 Å². The molecule has 17 heavy (non-hydrogen) atoms. The highest BCUT2D eigenvalue weighted by atomic mass is 15.4. The molecule has 4 heteroatoms. The van der Waals surface area contributed by atoms with Gasteiger partial charge >= 0.3 is 0 Å². The van der Waals surface area contributed by atoms with E-state index in [1.165, 1.54) is 17.8 Å². The minimum atomic E-state index is 0.130. The van der Waals surface area contributed by atoms with Gasteiger partial charge in [0.05, 0.1) is 6.20 Å². The number of hydrogen-bond donors (Lipinski definition) is 1. The first-order valence-electron chi connectivity index (χ1n) is 6.42. The zero-order valence-corrected chi connectivity index (χ0v) is 11.4. The minimum absolute atomic E-state index is 0.130. The molecule has 0 unspecified atom stereocenters. The zero-order chi connectivity index (χ0) is 12.6. The molecule has 0 spiro atoms. The van der Waals surface area contributed by atoms with Gasteiger partial charge in [0.2, 0.25) is 0 Å². The van der Waals surface area contributed by atoms with E-state index in [9.17, 15) is 0 Å². The standard InChI is InChI=1S/C13H24N4/c1-13(2,3)11-8-15-16(4)12(11)17-7-5-6-10(14)9-17/h8,10H,5-7,9,14H2,1-4H3/t10-/m1/s1. The number of piperidine rings is 1. The highest BCUT2D eigenvalue weighted by molar-refractivity contribution is 5.50. The van der Waals surface area contributed by atoms with Crippen LogP contribution in [0.25, 0.3) is 0 Å². The van der Waals surface area contributed by atoms with Gasteiger partial charge in [-0.1, -0.05) is 20.8 Å². The van der Waals surface area contributed by atoms with E-state index in [0.29, 0.717) is 6.04 Å². The van der Waals surface area contributed by atoms with Gasteiger partial charge in [-0.3, -0.25) is 4.68 Å². The van der Waals surface area contributed by atoms with Crippen molar-refractivity contribution >= 4 is 5.82 Å². The molecule has 0 aliphatic carbocycles. The van der Waals surface area contributed by atoms with Crippen LogP contribution in [-0.4, -0.2) is 28.9 Å². The zero-order valence-electron chi connectivity index (χ0n) is 11.4. The Balaban J connectivity index is 2.33. The Morgan fingerprint density at radius 3 is 2.71 bits per heavy atom. The van der Waals surface area contributed by atoms with Crippen LogP contribution in [0.1, 0.15) is 39.2 Å². The summed E-state index contributed by atoms with van der Waals surface area (Å²) in [6.45, 7) is 8.74. The first-order chi connectivity index (χ1) is 7.89. The van der Waals surface area contributed by atoms with E-state index in [1.807, 2.05) is 17.9 Å². The van der Waals surface area contributed by atoms with Crippen molar-refractivity contribution in [3.05, 3.63) is 11.8 Å². The van der Waals surface area contributed by atoms with E-state index in [-0.39, 0.29) is 5.41 Å². The highest BCUT2D eigenvalue weighted by Crippen LogP contribution is 2.32. The smallest absolute Gasteiger partial charge is 0.130 e. The van der Waals surface area contributed by atoms with E-state index >= 15 is 0 Å². The number of nitrogens with zero attached hydrogens (tertiary/aromatic N) is 3. The monoisotopic (exact) mass is 236 g/mol. The molecule has 1 aliphatic heterocycles. The summed E-state index contributed by atoms with van der Waals surface area (Å²) in [6, 6.07) is 0.298. The second-order valence-corrected chi connectivity index (χ2v) is 6.10. The largest absolute Gasteiger partial charge is 0.355 e. The Hall–Kier alpha value is -1.03. The van der Waals surface area contributed by atoms with Crippen molar-refractivity contribution in [2.75, 3.05) is 18.0 Å². The van der Waals surface area contributed by atoms with Crippen molar-refractivity contribution in [1.29, 1.82) is 0 Å². The molecule has 0 bridgehead atoms. The normalized spacial score (nSPS) is 21.9. The van der Waals surface area contributed by atoms with Crippen LogP contribution < -0.4 is 10.6 Å². The van der Waals surface area contributed by atoms with Crippen molar-refractivity contribution in [3.8, 4) is 0 Å². The van der Waals surface area contributed by atoms with Gasteiger partial charge in [0.1, 0.15) is 5.82 Å². The van der Waals surface area contributed by atoms with Crippen molar-refractivity contribution in [1.82, 2.24) is 9.78 Å². The number of aromatic nitrogens is 2. The molecule has 0 radical (unpaired) electrons. The van der Waals surface area contributed by atoms with Gasteiger partial charge in [-0.15, -0.1) is 0 Å². The lowest BCUT2D eigenvalue weighted by Crippen LogP contribution is -2.44. The number of nitrogens with two attached hydrogens (primary N) is 1. The predicted molar refractivity (Wildman–Crippen MR) is 71.3 cm³/mol. The summed E-state index contributed by atoms with van der Waals surface area (Å²) in [5.41, 5.74) is 7.51. The molecule has 1 aliphatic rings. The Morgan fingerprint density at radius 2 is 2.12 bits per heavy atom. The lowest BCUT2D eigenvalue weighted by atomic mass is 9.88. The molecule has 0 aromatic carbocycles. The Kier molecular flexibility index (Phi) is 3.17. The van der Waals surface area contributed by atoms with Gasteiger partial charge < -0.3 is 10.6 Å². The van der Waals surface area contributed by atoms with E-state index in [0.717, 1.165) is 19.5 Å². The lowest BCUT2D eigenvalue weighted by Gasteiger charge is -2.34. The number of hydrogen-bond acceptors (Lipinski definition) is 3. The molecule has 0 saturated carbocycles. The molecular weight excluding hydrogens is 212 g/mol. The second-order valence-electron chi connectivity index (χ2n) is 6.10. The first-order valence-corrected chi connectivity index (χ1v) is 6.42. The molecular formula is C13H24N4. The Morgan fingerprint density at radius 1 is 1.41 bits per heavy atom. The maximum Gasteiger partial charge on any atom is 0.130 e. The molecule has 4 nitrogen and oxygen atoms in total. The molecule has 0 amide bonds. The average molecular weight is 236 g/mol. The average Bonchev–Trinajstić information content (AvgIpc) is 2.59. The summed E-state index contributed by atoms with van der Waals surface area (Å²) in [6.07, 6.45) is 4.31. The van der Waals surface area contributed by atoms with Gasteiger partial charge in [0, 0.05) is 31.7 Å². The summed E-state index contributed by atoms with van der Waals surface area (Å²) in [7, 11) is 2.02. The third kappa shape index (κ3) is 2.46. The summed E-state index contributed by atoms with van der Waals surface area (Å²) in [5.74, 6) is 1.24. The summed E-state index contributed by atoms with van der Waals surface area (Å²) in [4.78, 5) is 2.39. The Labute approximate surface area is 104 Å². The summed E-state index contributed by atoms with van der Waals surface area (Å²) in [5, 5.41) is 4.42. The third-order valence-electron chi connectivity index (χ3n) is 3.47. The second kappa shape index (κ2) is 4.33. The van der Waals surface area contributed by atoms with Crippen LogP contribution in [0.3, 0.4) is 0 Å². The maximum absolute atomic E-state index is 6.07. The topological polar surface area (TPSA) is 47.1 Å². The highest BCUT2D eigenvalue weighted by Gasteiger charge is 2.27.